The Bertz CT molecular complexity index is 1010. The molecule has 0 aliphatic carbocycles. The third-order valence-corrected chi connectivity index (χ3v) is 7.01. The number of hydrogen-bond acceptors (Lipinski definition) is 4. The van der Waals surface area contributed by atoms with Gasteiger partial charge in [-0.05, 0) is 76.3 Å². The second kappa shape index (κ2) is 10.4. The van der Waals surface area contributed by atoms with Crippen LogP contribution in [0.2, 0.25) is 0 Å². The maximum atomic E-state index is 13.5. The van der Waals surface area contributed by atoms with Crippen molar-refractivity contribution in [3.05, 3.63) is 59.7 Å². The topological polar surface area (TPSA) is 72.8 Å². The zero-order chi connectivity index (χ0) is 25.1. The molecule has 7 nitrogen and oxygen atoms in total. The molecule has 8 heteroatoms. The highest BCUT2D eigenvalue weighted by Crippen LogP contribution is 2.34. The lowest BCUT2D eigenvalue weighted by Crippen LogP contribution is -2.45. The average molecular weight is 486 g/mol. The molecule has 0 saturated carbocycles. The van der Waals surface area contributed by atoms with Gasteiger partial charge in [-0.3, -0.25) is 4.79 Å². The Labute approximate surface area is 206 Å². The summed E-state index contributed by atoms with van der Waals surface area (Å²) < 4.78 is 26.6. The van der Waals surface area contributed by atoms with E-state index >= 15 is 0 Å². The Morgan fingerprint density at radius 1 is 1.11 bits per heavy atom. The van der Waals surface area contributed by atoms with Crippen molar-refractivity contribution in [1.82, 2.24) is 14.8 Å². The molecule has 2 aliphatic heterocycles. The van der Waals surface area contributed by atoms with Crippen LogP contribution in [0.25, 0.3) is 0 Å². The Morgan fingerprint density at radius 2 is 1.77 bits per heavy atom. The summed E-state index contributed by atoms with van der Waals surface area (Å²) in [5.41, 5.74) is 0.835. The number of hydrogen-bond donors (Lipinski definition) is 1. The number of ether oxygens (including phenoxy) is 2. The van der Waals surface area contributed by atoms with Crippen LogP contribution < -0.4 is 5.32 Å². The van der Waals surface area contributed by atoms with Crippen molar-refractivity contribution < 1.29 is 23.5 Å². The molecule has 1 aromatic carbocycles. The normalized spacial score (nSPS) is 18.8. The number of piperidine rings is 1. The molecule has 0 radical (unpaired) electrons. The highest BCUT2D eigenvalue weighted by atomic mass is 19.1. The Morgan fingerprint density at radius 3 is 2.40 bits per heavy atom. The predicted molar refractivity (Wildman–Crippen MR) is 131 cm³/mol. The molecule has 0 atom stereocenters. The molecule has 4 rings (SSSR count). The highest BCUT2D eigenvalue weighted by Gasteiger charge is 2.35. The van der Waals surface area contributed by atoms with Gasteiger partial charge in [0.05, 0.1) is 0 Å². The number of benzene rings is 1. The van der Waals surface area contributed by atoms with Gasteiger partial charge in [0.2, 0.25) is 0 Å². The van der Waals surface area contributed by atoms with Crippen LogP contribution in [0, 0.1) is 5.82 Å². The van der Waals surface area contributed by atoms with Crippen molar-refractivity contribution in [1.29, 1.82) is 0 Å². The minimum Gasteiger partial charge on any atom is -0.444 e. The average Bonchev–Trinajstić information content (AvgIpc) is 3.33. The predicted octanol–water partition coefficient (Wildman–Crippen LogP) is 4.68. The number of amides is 2. The molecule has 0 bridgehead atoms. The largest absolute Gasteiger partial charge is 0.444 e. The van der Waals surface area contributed by atoms with Gasteiger partial charge in [0.1, 0.15) is 17.1 Å². The Hall–Kier alpha value is -2.87. The SMILES string of the molecule is CC(C)(C)OC(=O)N1CCC(n2cccc2C(=O)NCC2(c3ccc(F)cc3)CCOCC2)CC1. The minimum absolute atomic E-state index is 0.127. The molecule has 0 unspecified atom stereocenters. The highest BCUT2D eigenvalue weighted by molar-refractivity contribution is 5.92. The van der Waals surface area contributed by atoms with Gasteiger partial charge in [0, 0.05) is 50.5 Å². The summed E-state index contributed by atoms with van der Waals surface area (Å²) in [7, 11) is 0. The van der Waals surface area contributed by atoms with E-state index in [4.69, 9.17) is 9.47 Å². The number of halogens is 1. The number of nitrogens with one attached hydrogen (secondary N) is 1. The van der Waals surface area contributed by atoms with Gasteiger partial charge in [0.15, 0.2) is 0 Å². The quantitative estimate of drug-likeness (QED) is 0.668. The van der Waals surface area contributed by atoms with Crippen LogP contribution in [0.15, 0.2) is 42.6 Å². The van der Waals surface area contributed by atoms with Crippen molar-refractivity contribution in [2.75, 3.05) is 32.8 Å². The van der Waals surface area contributed by atoms with Crippen LogP contribution >= 0.6 is 0 Å². The van der Waals surface area contributed by atoms with Gasteiger partial charge in [-0.15, -0.1) is 0 Å². The van der Waals surface area contributed by atoms with Crippen LogP contribution in [0.1, 0.15) is 68.5 Å². The van der Waals surface area contributed by atoms with Gasteiger partial charge in [-0.1, -0.05) is 12.1 Å². The molecule has 2 amide bonds. The summed E-state index contributed by atoms with van der Waals surface area (Å²) in [4.78, 5) is 27.4. The van der Waals surface area contributed by atoms with Gasteiger partial charge in [-0.2, -0.15) is 0 Å². The first-order chi connectivity index (χ1) is 16.7. The molecule has 2 aromatic rings. The molecule has 2 fully saturated rings. The molecule has 35 heavy (non-hydrogen) atoms. The number of carbonyl (C=O) groups is 2. The first kappa shape index (κ1) is 25.2. The lowest BCUT2D eigenvalue weighted by atomic mass is 9.74. The van der Waals surface area contributed by atoms with Crippen LogP contribution in [-0.4, -0.2) is 59.9 Å². The first-order valence-corrected chi connectivity index (χ1v) is 12.4. The van der Waals surface area contributed by atoms with Crippen LogP contribution in [0.3, 0.4) is 0 Å². The Balaban J connectivity index is 1.40. The molecular formula is C27H36FN3O4. The maximum absolute atomic E-state index is 13.5. The van der Waals surface area contributed by atoms with E-state index in [1.165, 1.54) is 12.1 Å². The Kier molecular flexibility index (Phi) is 7.50. The lowest BCUT2D eigenvalue weighted by molar-refractivity contribution is 0.0187. The molecule has 1 N–H and O–H groups in total. The molecule has 190 valence electrons. The number of rotatable bonds is 5. The zero-order valence-corrected chi connectivity index (χ0v) is 20.9. The van der Waals surface area contributed by atoms with E-state index in [1.54, 1.807) is 4.90 Å². The van der Waals surface area contributed by atoms with Gasteiger partial charge in [-0.25, -0.2) is 9.18 Å². The fourth-order valence-corrected chi connectivity index (χ4v) is 5.03. The van der Waals surface area contributed by atoms with E-state index in [-0.39, 0.29) is 29.3 Å². The van der Waals surface area contributed by atoms with Crippen molar-refractivity contribution >= 4 is 12.0 Å². The second-order valence-electron chi connectivity index (χ2n) is 10.6. The minimum atomic E-state index is -0.519. The van der Waals surface area contributed by atoms with E-state index < -0.39 is 5.60 Å². The molecular weight excluding hydrogens is 449 g/mol. The third kappa shape index (κ3) is 6.04. The summed E-state index contributed by atoms with van der Waals surface area (Å²) in [6.07, 6.45) is 4.69. The molecule has 2 aliphatic rings. The zero-order valence-electron chi connectivity index (χ0n) is 20.9. The molecule has 0 spiro atoms. The number of aromatic nitrogens is 1. The summed E-state index contributed by atoms with van der Waals surface area (Å²) in [5.74, 6) is -0.395. The van der Waals surface area contributed by atoms with Gasteiger partial charge >= 0.3 is 6.09 Å². The maximum Gasteiger partial charge on any atom is 0.410 e. The van der Waals surface area contributed by atoms with E-state index in [0.717, 1.165) is 31.2 Å². The van der Waals surface area contributed by atoms with E-state index in [1.807, 2.05) is 55.8 Å². The summed E-state index contributed by atoms with van der Waals surface area (Å²) in [5, 5.41) is 3.15. The van der Waals surface area contributed by atoms with E-state index in [0.29, 0.717) is 38.5 Å². The van der Waals surface area contributed by atoms with Crippen molar-refractivity contribution in [3.63, 3.8) is 0 Å². The van der Waals surface area contributed by atoms with Crippen LogP contribution in [-0.2, 0) is 14.9 Å². The lowest BCUT2D eigenvalue weighted by Gasteiger charge is -2.38. The van der Waals surface area contributed by atoms with Gasteiger partial charge in [0.25, 0.3) is 5.91 Å². The number of nitrogens with zero attached hydrogens (tertiary/aromatic N) is 2. The van der Waals surface area contributed by atoms with Gasteiger partial charge < -0.3 is 24.3 Å². The number of likely N-dealkylation sites (tertiary alicyclic amines) is 1. The summed E-state index contributed by atoms with van der Waals surface area (Å²) in [6.45, 7) is 8.45. The fraction of sp³-hybridized carbons (Fsp3) is 0.556. The summed E-state index contributed by atoms with van der Waals surface area (Å²) >= 11 is 0. The first-order valence-electron chi connectivity index (χ1n) is 12.4. The smallest absolute Gasteiger partial charge is 0.410 e. The standard InChI is InChI=1S/C27H36FN3O4/c1-26(2,3)35-25(33)30-15-10-22(11-16-30)31-14-4-5-23(31)24(32)29-19-27(12-17-34-18-13-27)20-6-8-21(28)9-7-20/h4-9,14,22H,10-13,15-19H2,1-3H3,(H,29,32). The fourth-order valence-electron chi connectivity index (χ4n) is 5.03. The third-order valence-electron chi connectivity index (χ3n) is 7.01. The number of carbonyl (C=O) groups excluding carboxylic acids is 2. The van der Waals surface area contributed by atoms with Crippen molar-refractivity contribution in [3.8, 4) is 0 Å². The molecule has 3 heterocycles. The van der Waals surface area contributed by atoms with Crippen molar-refractivity contribution in [2.45, 2.75) is 63.5 Å². The van der Waals surface area contributed by atoms with Crippen LogP contribution in [0.5, 0.6) is 0 Å². The van der Waals surface area contributed by atoms with Crippen LogP contribution in [0.4, 0.5) is 9.18 Å². The monoisotopic (exact) mass is 485 g/mol. The summed E-state index contributed by atoms with van der Waals surface area (Å²) in [6, 6.07) is 10.4. The van der Waals surface area contributed by atoms with E-state index in [9.17, 15) is 14.0 Å². The molecule has 2 saturated heterocycles. The van der Waals surface area contributed by atoms with Crippen molar-refractivity contribution in [2.24, 2.45) is 0 Å². The molecule has 1 aromatic heterocycles. The second-order valence-corrected chi connectivity index (χ2v) is 10.6. The van der Waals surface area contributed by atoms with E-state index in [2.05, 4.69) is 5.32 Å².